The molecule has 9 heteroatoms. The summed E-state index contributed by atoms with van der Waals surface area (Å²) in [4.78, 5) is 34.7. The largest absolute Gasteiger partial charge is 0.454 e. The number of carbonyl (C=O) groups excluding carboxylic acids is 3. The molecule has 0 aliphatic carbocycles. The zero-order valence-electron chi connectivity index (χ0n) is 14.0. The first-order chi connectivity index (χ1) is 11.4. The molecule has 0 aliphatic rings. The molecule has 0 heterocycles. The summed E-state index contributed by atoms with van der Waals surface area (Å²) in [7, 11) is 0. The van der Waals surface area contributed by atoms with Gasteiger partial charge in [0.05, 0.1) is 5.56 Å². The fourth-order valence-corrected chi connectivity index (χ4v) is 1.72. The number of nitrogens with one attached hydrogen (secondary N) is 2. The van der Waals surface area contributed by atoms with E-state index in [9.17, 15) is 27.6 Å². The van der Waals surface area contributed by atoms with Crippen LogP contribution in [0.2, 0.25) is 0 Å². The third kappa shape index (κ3) is 7.69. The second kappa shape index (κ2) is 8.00. The fourth-order valence-electron chi connectivity index (χ4n) is 1.72. The van der Waals surface area contributed by atoms with E-state index in [1.807, 2.05) is 0 Å². The van der Waals surface area contributed by atoms with Gasteiger partial charge in [-0.1, -0.05) is 0 Å². The summed E-state index contributed by atoms with van der Waals surface area (Å²) in [5, 5.41) is 4.79. The van der Waals surface area contributed by atoms with Gasteiger partial charge in [0.1, 0.15) is 6.54 Å². The van der Waals surface area contributed by atoms with Crippen LogP contribution in [0.25, 0.3) is 0 Å². The summed E-state index contributed by atoms with van der Waals surface area (Å²) in [6.07, 6.45) is -4.49. The van der Waals surface area contributed by atoms with Crippen molar-refractivity contribution in [3.63, 3.8) is 0 Å². The van der Waals surface area contributed by atoms with Crippen LogP contribution in [0.15, 0.2) is 24.3 Å². The second-order valence-electron chi connectivity index (χ2n) is 6.22. The van der Waals surface area contributed by atoms with Crippen molar-refractivity contribution < 1.29 is 32.3 Å². The van der Waals surface area contributed by atoms with E-state index >= 15 is 0 Å². The molecule has 6 nitrogen and oxygen atoms in total. The maximum atomic E-state index is 12.4. The molecule has 0 radical (unpaired) electrons. The molecule has 2 amide bonds. The number of halogens is 3. The number of amides is 2. The van der Waals surface area contributed by atoms with Gasteiger partial charge < -0.3 is 15.4 Å². The molecule has 1 rings (SSSR count). The maximum Gasteiger partial charge on any atom is 0.416 e. The lowest BCUT2D eigenvalue weighted by Crippen LogP contribution is -2.43. The predicted molar refractivity (Wildman–Crippen MR) is 82.6 cm³/mol. The summed E-state index contributed by atoms with van der Waals surface area (Å²) < 4.78 is 42.0. The SMILES string of the molecule is CC(C)(C)NC(=O)COC(=O)CNC(=O)c1ccc(C(F)(F)F)cc1. The van der Waals surface area contributed by atoms with Crippen molar-refractivity contribution in [2.75, 3.05) is 13.2 Å². The first-order valence-corrected chi connectivity index (χ1v) is 7.30. The van der Waals surface area contributed by atoms with Gasteiger partial charge in [0.25, 0.3) is 11.8 Å². The molecule has 138 valence electrons. The standard InChI is InChI=1S/C16H19F3N2O4/c1-15(2,3)21-12(22)9-25-13(23)8-20-14(24)10-4-6-11(7-5-10)16(17,18)19/h4-7H,8-9H2,1-3H3,(H,20,24)(H,21,22). The summed E-state index contributed by atoms with van der Waals surface area (Å²) in [6, 6.07) is 3.54. The highest BCUT2D eigenvalue weighted by Crippen LogP contribution is 2.28. The van der Waals surface area contributed by atoms with Crippen LogP contribution in [-0.4, -0.2) is 36.5 Å². The summed E-state index contributed by atoms with van der Waals surface area (Å²) in [6.45, 7) is 4.28. The molecular weight excluding hydrogens is 341 g/mol. The third-order valence-electron chi connectivity index (χ3n) is 2.75. The number of benzene rings is 1. The zero-order chi connectivity index (χ0) is 19.3. The smallest absolute Gasteiger partial charge is 0.416 e. The van der Waals surface area contributed by atoms with E-state index in [1.54, 1.807) is 20.8 Å². The average molecular weight is 360 g/mol. The van der Waals surface area contributed by atoms with Gasteiger partial charge in [-0.15, -0.1) is 0 Å². The van der Waals surface area contributed by atoms with E-state index in [4.69, 9.17) is 0 Å². The minimum absolute atomic E-state index is 0.0359. The minimum Gasteiger partial charge on any atom is -0.454 e. The lowest BCUT2D eigenvalue weighted by molar-refractivity contribution is -0.147. The maximum absolute atomic E-state index is 12.4. The van der Waals surface area contributed by atoms with Crippen molar-refractivity contribution >= 4 is 17.8 Å². The van der Waals surface area contributed by atoms with Crippen LogP contribution in [0.5, 0.6) is 0 Å². The Bertz CT molecular complexity index is 634. The van der Waals surface area contributed by atoms with Crippen molar-refractivity contribution in [1.82, 2.24) is 10.6 Å². The van der Waals surface area contributed by atoms with Crippen LogP contribution in [0.4, 0.5) is 13.2 Å². The zero-order valence-corrected chi connectivity index (χ0v) is 14.0. The van der Waals surface area contributed by atoms with Gasteiger partial charge in [-0.25, -0.2) is 0 Å². The van der Waals surface area contributed by atoms with Gasteiger partial charge in [-0.3, -0.25) is 14.4 Å². The Kier molecular flexibility index (Phi) is 6.55. The lowest BCUT2D eigenvalue weighted by Gasteiger charge is -2.20. The fraction of sp³-hybridized carbons (Fsp3) is 0.438. The number of rotatable bonds is 5. The topological polar surface area (TPSA) is 84.5 Å². The molecule has 0 bridgehead atoms. The van der Waals surface area contributed by atoms with Crippen LogP contribution < -0.4 is 10.6 Å². The van der Waals surface area contributed by atoms with Crippen molar-refractivity contribution in [3.05, 3.63) is 35.4 Å². The molecule has 1 aromatic carbocycles. The monoisotopic (exact) mass is 360 g/mol. The molecule has 0 aromatic heterocycles. The highest BCUT2D eigenvalue weighted by Gasteiger charge is 2.30. The first-order valence-electron chi connectivity index (χ1n) is 7.30. The van der Waals surface area contributed by atoms with Crippen molar-refractivity contribution in [3.8, 4) is 0 Å². The highest BCUT2D eigenvalue weighted by atomic mass is 19.4. The quantitative estimate of drug-likeness (QED) is 0.786. The lowest BCUT2D eigenvalue weighted by atomic mass is 10.1. The normalized spacial score (nSPS) is 11.6. The summed E-state index contributed by atoms with van der Waals surface area (Å²) in [5.74, 6) is -2.07. The molecular formula is C16H19F3N2O4. The van der Waals surface area contributed by atoms with Gasteiger partial charge in [-0.2, -0.15) is 13.2 Å². The molecule has 0 atom stereocenters. The Hall–Kier alpha value is -2.58. The summed E-state index contributed by atoms with van der Waals surface area (Å²) >= 11 is 0. The molecule has 0 fully saturated rings. The molecule has 0 spiro atoms. The molecule has 1 aromatic rings. The van der Waals surface area contributed by atoms with E-state index < -0.39 is 48.2 Å². The number of carbonyl (C=O) groups is 3. The van der Waals surface area contributed by atoms with E-state index in [0.29, 0.717) is 0 Å². The van der Waals surface area contributed by atoms with Crippen molar-refractivity contribution in [2.24, 2.45) is 0 Å². The van der Waals surface area contributed by atoms with Crippen LogP contribution >= 0.6 is 0 Å². The third-order valence-corrected chi connectivity index (χ3v) is 2.75. The van der Waals surface area contributed by atoms with E-state index in [1.165, 1.54) is 0 Å². The molecule has 25 heavy (non-hydrogen) atoms. The number of esters is 1. The average Bonchev–Trinajstić information content (AvgIpc) is 2.48. The van der Waals surface area contributed by atoms with Crippen LogP contribution in [0.1, 0.15) is 36.7 Å². The minimum atomic E-state index is -4.49. The molecule has 0 saturated heterocycles. The van der Waals surface area contributed by atoms with Gasteiger partial charge in [0.15, 0.2) is 6.61 Å². The number of hydrogen-bond acceptors (Lipinski definition) is 4. The van der Waals surface area contributed by atoms with E-state index in [0.717, 1.165) is 24.3 Å². The van der Waals surface area contributed by atoms with E-state index in [-0.39, 0.29) is 5.56 Å². The Balaban J connectivity index is 2.43. The number of hydrogen-bond donors (Lipinski definition) is 2. The Morgan fingerprint density at radius 2 is 1.60 bits per heavy atom. The molecule has 0 unspecified atom stereocenters. The van der Waals surface area contributed by atoms with Gasteiger partial charge in [0.2, 0.25) is 0 Å². The van der Waals surface area contributed by atoms with Gasteiger partial charge in [-0.05, 0) is 45.0 Å². The predicted octanol–water partition coefficient (Wildman–Crippen LogP) is 1.89. The van der Waals surface area contributed by atoms with Gasteiger partial charge >= 0.3 is 12.1 Å². The van der Waals surface area contributed by atoms with Crippen LogP contribution in [0, 0.1) is 0 Å². The molecule has 0 saturated carbocycles. The van der Waals surface area contributed by atoms with Gasteiger partial charge in [0, 0.05) is 11.1 Å². The Labute approximate surface area is 142 Å². The van der Waals surface area contributed by atoms with Crippen LogP contribution in [-0.2, 0) is 20.5 Å². The second-order valence-corrected chi connectivity index (χ2v) is 6.22. The van der Waals surface area contributed by atoms with Crippen LogP contribution in [0.3, 0.4) is 0 Å². The molecule has 0 aliphatic heterocycles. The van der Waals surface area contributed by atoms with E-state index in [2.05, 4.69) is 15.4 Å². The van der Waals surface area contributed by atoms with Crippen molar-refractivity contribution in [2.45, 2.75) is 32.5 Å². The molecule has 2 N–H and O–H groups in total. The summed E-state index contributed by atoms with van der Waals surface area (Å²) in [5.41, 5.74) is -1.39. The Morgan fingerprint density at radius 1 is 1.04 bits per heavy atom. The number of alkyl halides is 3. The van der Waals surface area contributed by atoms with Crippen molar-refractivity contribution in [1.29, 1.82) is 0 Å². The number of ether oxygens (including phenoxy) is 1. The highest BCUT2D eigenvalue weighted by molar-refractivity contribution is 5.96. The Morgan fingerprint density at radius 3 is 2.08 bits per heavy atom. The first kappa shape index (κ1) is 20.5.